The molecule has 0 aliphatic rings. The first-order valence-corrected chi connectivity index (χ1v) is 9.30. The van der Waals surface area contributed by atoms with Gasteiger partial charge in [0.15, 0.2) is 11.5 Å². The van der Waals surface area contributed by atoms with E-state index in [2.05, 4.69) is 10.3 Å². The second kappa shape index (κ2) is 8.71. The van der Waals surface area contributed by atoms with E-state index < -0.39 is 7.60 Å². The van der Waals surface area contributed by atoms with E-state index in [9.17, 15) is 14.6 Å². The molecule has 1 heterocycles. The van der Waals surface area contributed by atoms with E-state index in [0.29, 0.717) is 11.3 Å². The summed E-state index contributed by atoms with van der Waals surface area (Å²) in [5, 5.41) is 13.0. The largest absolute Gasteiger partial charge is 0.502 e. The molecule has 8 nitrogen and oxygen atoms in total. The summed E-state index contributed by atoms with van der Waals surface area (Å²) in [6.45, 7) is 1.66. The Hall–Kier alpha value is -2.54. The molecular formula is C17H21N2O6P. The van der Waals surface area contributed by atoms with Gasteiger partial charge in [0, 0.05) is 12.4 Å². The summed E-state index contributed by atoms with van der Waals surface area (Å²) in [6.07, 6.45) is 4.54. The SMILES string of the molecule is CCOP(=O)(O)C(=CNc1cccnc1)c1cc(OC)c(O)c(OC)c1. The number of benzene rings is 1. The smallest absolute Gasteiger partial charge is 0.360 e. The minimum absolute atomic E-state index is 0.0141. The van der Waals surface area contributed by atoms with E-state index >= 15 is 0 Å². The summed E-state index contributed by atoms with van der Waals surface area (Å²) in [6, 6.07) is 6.33. The van der Waals surface area contributed by atoms with Gasteiger partial charge in [0.1, 0.15) is 0 Å². The number of nitrogens with zero attached hydrogens (tertiary/aromatic N) is 1. The van der Waals surface area contributed by atoms with Crippen LogP contribution in [-0.2, 0) is 9.09 Å². The molecule has 2 aromatic rings. The van der Waals surface area contributed by atoms with E-state index in [1.807, 2.05) is 0 Å². The monoisotopic (exact) mass is 380 g/mol. The number of nitrogens with one attached hydrogen (secondary N) is 1. The second-order valence-electron chi connectivity index (χ2n) is 5.08. The lowest BCUT2D eigenvalue weighted by atomic mass is 10.1. The first-order valence-electron chi connectivity index (χ1n) is 7.73. The maximum absolute atomic E-state index is 12.7. The van der Waals surface area contributed by atoms with E-state index in [-0.39, 0.29) is 29.2 Å². The molecule has 0 fully saturated rings. The average molecular weight is 380 g/mol. The summed E-state index contributed by atoms with van der Waals surface area (Å²) in [5.41, 5.74) is 0.923. The van der Waals surface area contributed by atoms with Gasteiger partial charge in [0.25, 0.3) is 0 Å². The molecule has 1 aromatic carbocycles. The molecule has 1 atom stereocenters. The number of phenolic OH excluding ortho intramolecular Hbond substituents is 1. The van der Waals surface area contributed by atoms with Crippen LogP contribution >= 0.6 is 7.60 Å². The number of hydrogen-bond acceptors (Lipinski definition) is 7. The van der Waals surface area contributed by atoms with Gasteiger partial charge < -0.3 is 29.3 Å². The molecule has 0 saturated heterocycles. The minimum Gasteiger partial charge on any atom is -0.502 e. The fourth-order valence-corrected chi connectivity index (χ4v) is 3.39. The van der Waals surface area contributed by atoms with Crippen molar-refractivity contribution >= 4 is 18.6 Å². The molecule has 0 amide bonds. The Kier molecular flexibility index (Phi) is 6.63. The molecule has 0 aliphatic heterocycles. The Labute approximate surface area is 151 Å². The number of ether oxygens (including phenoxy) is 2. The summed E-state index contributed by atoms with van der Waals surface area (Å²) in [4.78, 5) is 14.3. The molecule has 0 spiro atoms. The summed E-state index contributed by atoms with van der Waals surface area (Å²) in [5.74, 6) is -0.00578. The lowest BCUT2D eigenvalue weighted by molar-refractivity contribution is 0.285. The van der Waals surface area contributed by atoms with Gasteiger partial charge in [-0.15, -0.1) is 0 Å². The Morgan fingerprint density at radius 1 is 1.31 bits per heavy atom. The minimum atomic E-state index is -4.15. The molecule has 0 bridgehead atoms. The third kappa shape index (κ3) is 4.54. The van der Waals surface area contributed by atoms with Crippen LogP contribution in [0.4, 0.5) is 5.69 Å². The lowest BCUT2D eigenvalue weighted by Crippen LogP contribution is -1.99. The molecule has 2 rings (SSSR count). The molecular weight excluding hydrogens is 359 g/mol. The highest BCUT2D eigenvalue weighted by Crippen LogP contribution is 2.57. The number of phenols is 1. The molecule has 1 unspecified atom stereocenters. The van der Waals surface area contributed by atoms with Crippen LogP contribution in [0.2, 0.25) is 0 Å². The Bertz CT molecular complexity index is 800. The molecule has 140 valence electrons. The molecule has 0 saturated carbocycles. The third-order valence-electron chi connectivity index (χ3n) is 3.42. The van der Waals surface area contributed by atoms with Crippen LogP contribution in [0.15, 0.2) is 42.9 Å². The van der Waals surface area contributed by atoms with Gasteiger partial charge in [-0.25, -0.2) is 0 Å². The fraction of sp³-hybridized carbons (Fsp3) is 0.235. The maximum Gasteiger partial charge on any atom is 0.360 e. The molecule has 26 heavy (non-hydrogen) atoms. The summed E-state index contributed by atoms with van der Waals surface area (Å²) >= 11 is 0. The van der Waals surface area contributed by atoms with Crippen molar-refractivity contribution in [3.05, 3.63) is 48.4 Å². The predicted molar refractivity (Wildman–Crippen MR) is 98.5 cm³/mol. The van der Waals surface area contributed by atoms with E-state index in [0.717, 1.165) is 0 Å². The average Bonchev–Trinajstić information content (AvgIpc) is 2.63. The van der Waals surface area contributed by atoms with Crippen LogP contribution in [0.1, 0.15) is 12.5 Å². The quantitative estimate of drug-likeness (QED) is 0.598. The summed E-state index contributed by atoms with van der Waals surface area (Å²) < 4.78 is 28.0. The normalized spacial score (nSPS) is 13.8. The van der Waals surface area contributed by atoms with Crippen LogP contribution in [0.5, 0.6) is 17.2 Å². The Morgan fingerprint density at radius 3 is 2.46 bits per heavy atom. The number of aromatic hydroxyl groups is 1. The Morgan fingerprint density at radius 2 is 1.96 bits per heavy atom. The van der Waals surface area contributed by atoms with Gasteiger partial charge in [-0.3, -0.25) is 9.55 Å². The highest BCUT2D eigenvalue weighted by molar-refractivity contribution is 7.64. The highest BCUT2D eigenvalue weighted by atomic mass is 31.2. The molecule has 0 aliphatic carbocycles. The molecule has 9 heteroatoms. The van der Waals surface area contributed by atoms with E-state index in [4.69, 9.17) is 14.0 Å². The zero-order chi connectivity index (χ0) is 19.2. The Balaban J connectivity index is 2.55. The number of methoxy groups -OCH3 is 2. The second-order valence-corrected chi connectivity index (χ2v) is 6.86. The van der Waals surface area contributed by atoms with Gasteiger partial charge in [-0.1, -0.05) is 0 Å². The number of aromatic nitrogens is 1. The number of hydrogen-bond donors (Lipinski definition) is 3. The van der Waals surface area contributed by atoms with Crippen LogP contribution in [0, 0.1) is 0 Å². The van der Waals surface area contributed by atoms with Gasteiger partial charge in [-0.05, 0) is 36.8 Å². The van der Waals surface area contributed by atoms with Crippen molar-refractivity contribution in [2.75, 3.05) is 26.1 Å². The van der Waals surface area contributed by atoms with Crippen LogP contribution in [-0.4, -0.2) is 35.8 Å². The van der Waals surface area contributed by atoms with Gasteiger partial charge in [0.05, 0.1) is 38.0 Å². The van der Waals surface area contributed by atoms with Crippen molar-refractivity contribution in [1.29, 1.82) is 0 Å². The maximum atomic E-state index is 12.7. The van der Waals surface area contributed by atoms with Crippen molar-refractivity contribution in [2.45, 2.75) is 6.92 Å². The number of pyridine rings is 1. The summed E-state index contributed by atoms with van der Waals surface area (Å²) in [7, 11) is -1.41. The van der Waals surface area contributed by atoms with Crippen molar-refractivity contribution in [3.63, 3.8) is 0 Å². The van der Waals surface area contributed by atoms with Crippen LogP contribution in [0.3, 0.4) is 0 Å². The standard InChI is InChI=1S/C17H21N2O6P/c1-4-25-26(21,22)16(11-19-13-6-5-7-18-10-13)12-8-14(23-2)17(20)15(9-12)24-3/h5-11,19-20H,4H2,1-3H3,(H,21,22). The first-order chi connectivity index (χ1) is 12.4. The zero-order valence-corrected chi connectivity index (χ0v) is 15.6. The van der Waals surface area contributed by atoms with Crippen molar-refractivity contribution in [2.24, 2.45) is 0 Å². The van der Waals surface area contributed by atoms with Gasteiger partial charge in [-0.2, -0.15) is 0 Å². The lowest BCUT2D eigenvalue weighted by Gasteiger charge is -2.18. The van der Waals surface area contributed by atoms with Crippen LogP contribution < -0.4 is 14.8 Å². The van der Waals surface area contributed by atoms with Crippen molar-refractivity contribution < 1.29 is 28.6 Å². The van der Waals surface area contributed by atoms with E-state index in [1.54, 1.807) is 31.5 Å². The molecule has 0 radical (unpaired) electrons. The predicted octanol–water partition coefficient (Wildman–Crippen LogP) is 3.44. The molecule has 1 aromatic heterocycles. The topological polar surface area (TPSA) is 110 Å². The van der Waals surface area contributed by atoms with Crippen LogP contribution in [0.25, 0.3) is 5.31 Å². The fourth-order valence-electron chi connectivity index (χ4n) is 2.21. The number of anilines is 1. The third-order valence-corrected chi connectivity index (χ3v) is 5.03. The first kappa shape index (κ1) is 19.8. The van der Waals surface area contributed by atoms with Crippen molar-refractivity contribution in [3.8, 4) is 17.2 Å². The highest BCUT2D eigenvalue weighted by Gasteiger charge is 2.29. The van der Waals surface area contributed by atoms with Gasteiger partial charge >= 0.3 is 7.60 Å². The number of rotatable bonds is 8. The zero-order valence-electron chi connectivity index (χ0n) is 14.7. The van der Waals surface area contributed by atoms with Gasteiger partial charge in [0.2, 0.25) is 5.75 Å². The van der Waals surface area contributed by atoms with Crippen molar-refractivity contribution in [1.82, 2.24) is 4.98 Å². The molecule has 3 N–H and O–H groups in total. The van der Waals surface area contributed by atoms with E-state index in [1.165, 1.54) is 32.6 Å².